The number of carbonyl (C=O) groups excluding carboxylic acids is 1. The second-order valence-electron chi connectivity index (χ2n) is 5.55. The minimum absolute atomic E-state index is 0.216. The smallest absolute Gasteiger partial charge is 0.351 e. The number of rotatable bonds is 8. The van der Waals surface area contributed by atoms with E-state index in [1.807, 2.05) is 0 Å². The minimum Gasteiger partial charge on any atom is -0.506 e. The molecule has 0 aliphatic rings. The van der Waals surface area contributed by atoms with Gasteiger partial charge in [0, 0.05) is 6.42 Å². The van der Waals surface area contributed by atoms with Gasteiger partial charge in [0.25, 0.3) is 0 Å². The zero-order valence-corrected chi connectivity index (χ0v) is 12.9. The highest BCUT2D eigenvalue weighted by Crippen LogP contribution is 2.27. The van der Waals surface area contributed by atoms with Gasteiger partial charge < -0.3 is 9.52 Å². The van der Waals surface area contributed by atoms with Gasteiger partial charge in [0.05, 0.1) is 5.39 Å². The number of aromatic hydroxyl groups is 1. The fourth-order valence-electron chi connectivity index (χ4n) is 2.57. The lowest BCUT2D eigenvalue weighted by Crippen LogP contribution is -2.14. The second kappa shape index (κ2) is 7.78. The molecule has 0 atom stereocenters. The average molecular weight is 302 g/mol. The summed E-state index contributed by atoms with van der Waals surface area (Å²) in [5, 5.41) is 10.6. The number of benzene rings is 1. The van der Waals surface area contributed by atoms with E-state index < -0.39 is 5.63 Å². The molecule has 0 amide bonds. The topological polar surface area (TPSA) is 67.5 Å². The molecule has 1 aromatic carbocycles. The van der Waals surface area contributed by atoms with Gasteiger partial charge in [-0.05, 0) is 18.6 Å². The van der Waals surface area contributed by atoms with E-state index in [1.54, 1.807) is 24.3 Å². The van der Waals surface area contributed by atoms with Gasteiger partial charge in [0.15, 0.2) is 5.78 Å². The first kappa shape index (κ1) is 16.3. The summed E-state index contributed by atoms with van der Waals surface area (Å²) < 4.78 is 5.12. The molecule has 118 valence electrons. The third kappa shape index (κ3) is 3.75. The predicted octanol–water partition coefficient (Wildman–Crippen LogP) is 4.43. The van der Waals surface area contributed by atoms with Gasteiger partial charge in [-0.2, -0.15) is 0 Å². The lowest BCUT2D eigenvalue weighted by molar-refractivity contribution is 0.0973. The molecule has 0 aliphatic heterocycles. The first-order valence-corrected chi connectivity index (χ1v) is 7.93. The van der Waals surface area contributed by atoms with E-state index in [9.17, 15) is 14.7 Å². The van der Waals surface area contributed by atoms with Crippen molar-refractivity contribution in [3.63, 3.8) is 0 Å². The van der Waals surface area contributed by atoms with Gasteiger partial charge in [-0.25, -0.2) is 4.79 Å². The van der Waals surface area contributed by atoms with E-state index in [0.717, 1.165) is 19.3 Å². The Morgan fingerprint density at radius 3 is 2.55 bits per heavy atom. The fourth-order valence-corrected chi connectivity index (χ4v) is 2.57. The predicted molar refractivity (Wildman–Crippen MR) is 86.5 cm³/mol. The van der Waals surface area contributed by atoms with Gasteiger partial charge in [0.2, 0.25) is 0 Å². The van der Waals surface area contributed by atoms with Crippen LogP contribution in [0.5, 0.6) is 5.75 Å². The van der Waals surface area contributed by atoms with Crippen LogP contribution >= 0.6 is 0 Å². The highest BCUT2D eigenvalue weighted by molar-refractivity contribution is 6.02. The van der Waals surface area contributed by atoms with Crippen molar-refractivity contribution in [2.45, 2.75) is 51.9 Å². The number of unbranched alkanes of at least 4 members (excludes halogenated alkanes) is 5. The van der Waals surface area contributed by atoms with Crippen molar-refractivity contribution in [2.24, 2.45) is 0 Å². The van der Waals surface area contributed by atoms with Gasteiger partial charge in [0.1, 0.15) is 16.9 Å². The van der Waals surface area contributed by atoms with Crippen LogP contribution in [0.15, 0.2) is 33.5 Å². The van der Waals surface area contributed by atoms with Gasteiger partial charge in [-0.3, -0.25) is 4.79 Å². The monoisotopic (exact) mass is 302 g/mol. The van der Waals surface area contributed by atoms with Crippen LogP contribution in [-0.4, -0.2) is 10.9 Å². The molecule has 4 heteroatoms. The lowest BCUT2D eigenvalue weighted by Gasteiger charge is -2.05. The zero-order chi connectivity index (χ0) is 15.9. The number of fused-ring (bicyclic) bond motifs is 1. The summed E-state index contributed by atoms with van der Waals surface area (Å²) in [4.78, 5) is 24.1. The summed E-state index contributed by atoms with van der Waals surface area (Å²) in [6.45, 7) is 2.16. The Labute approximate surface area is 129 Å². The van der Waals surface area contributed by atoms with E-state index in [-0.39, 0.29) is 23.5 Å². The van der Waals surface area contributed by atoms with Crippen LogP contribution in [0.1, 0.15) is 62.2 Å². The number of Topliss-reactive ketones (excluding diaryl/α,β-unsaturated/α-hetero) is 1. The molecule has 0 aliphatic carbocycles. The largest absolute Gasteiger partial charge is 0.506 e. The maximum Gasteiger partial charge on any atom is 0.351 e. The Hall–Kier alpha value is -2.10. The number of hydrogen-bond acceptors (Lipinski definition) is 4. The molecule has 0 unspecified atom stereocenters. The summed E-state index contributed by atoms with van der Waals surface area (Å²) in [7, 11) is 0. The molecule has 22 heavy (non-hydrogen) atoms. The maximum absolute atomic E-state index is 12.2. The van der Waals surface area contributed by atoms with Crippen molar-refractivity contribution in [2.75, 3.05) is 0 Å². The van der Waals surface area contributed by atoms with Crippen LogP contribution < -0.4 is 5.63 Å². The van der Waals surface area contributed by atoms with Crippen molar-refractivity contribution in [3.05, 3.63) is 40.2 Å². The molecule has 0 radical (unpaired) electrons. The highest BCUT2D eigenvalue weighted by Gasteiger charge is 2.20. The molecular weight excluding hydrogens is 280 g/mol. The molecule has 0 spiro atoms. The molecule has 2 rings (SSSR count). The standard InChI is InChI=1S/C18H22O4/c1-2-3-4-5-6-7-11-14(19)16-17(20)13-10-8-9-12-15(13)22-18(16)21/h8-10,12,20H,2-7,11H2,1H3. The Bertz CT molecular complexity index is 700. The number of ketones is 1. The van der Waals surface area contributed by atoms with Crippen LogP contribution in [0.25, 0.3) is 11.0 Å². The summed E-state index contributed by atoms with van der Waals surface area (Å²) >= 11 is 0. The quantitative estimate of drug-likeness (QED) is 0.445. The van der Waals surface area contributed by atoms with Gasteiger partial charge in [-0.1, -0.05) is 51.2 Å². The maximum atomic E-state index is 12.2. The van der Waals surface area contributed by atoms with Crippen molar-refractivity contribution < 1.29 is 14.3 Å². The Morgan fingerprint density at radius 2 is 1.77 bits per heavy atom. The summed E-state index contributed by atoms with van der Waals surface area (Å²) in [6.07, 6.45) is 6.63. The van der Waals surface area contributed by atoms with Crippen LogP contribution in [0, 0.1) is 0 Å². The van der Waals surface area contributed by atoms with Crippen molar-refractivity contribution in [3.8, 4) is 5.75 Å². The molecule has 1 N–H and O–H groups in total. The number of carbonyl (C=O) groups is 1. The van der Waals surface area contributed by atoms with Crippen LogP contribution in [-0.2, 0) is 0 Å². The molecule has 1 aromatic heterocycles. The number of hydrogen-bond donors (Lipinski definition) is 1. The molecule has 1 heterocycles. The molecule has 4 nitrogen and oxygen atoms in total. The van der Waals surface area contributed by atoms with E-state index in [4.69, 9.17) is 4.42 Å². The Kier molecular flexibility index (Phi) is 5.75. The number of para-hydroxylation sites is 1. The molecule has 0 fully saturated rings. The van der Waals surface area contributed by atoms with E-state index >= 15 is 0 Å². The SMILES string of the molecule is CCCCCCCCC(=O)c1c(O)c2ccccc2oc1=O. The minimum atomic E-state index is -0.757. The molecule has 0 bridgehead atoms. The first-order valence-electron chi connectivity index (χ1n) is 7.93. The third-order valence-corrected chi connectivity index (χ3v) is 3.82. The van der Waals surface area contributed by atoms with Crippen molar-refractivity contribution in [1.29, 1.82) is 0 Å². The van der Waals surface area contributed by atoms with Crippen molar-refractivity contribution >= 4 is 16.8 Å². The highest BCUT2D eigenvalue weighted by atomic mass is 16.4. The van der Waals surface area contributed by atoms with Crippen molar-refractivity contribution in [1.82, 2.24) is 0 Å². The Morgan fingerprint density at radius 1 is 1.09 bits per heavy atom. The second-order valence-corrected chi connectivity index (χ2v) is 5.55. The summed E-state index contributed by atoms with van der Waals surface area (Å²) in [5.41, 5.74) is -0.680. The van der Waals surface area contributed by atoms with Crippen LogP contribution in [0.2, 0.25) is 0 Å². The van der Waals surface area contributed by atoms with Crippen LogP contribution in [0.4, 0.5) is 0 Å². The van der Waals surface area contributed by atoms with E-state index in [0.29, 0.717) is 11.0 Å². The molecular formula is C18H22O4. The van der Waals surface area contributed by atoms with Gasteiger partial charge >= 0.3 is 5.63 Å². The van der Waals surface area contributed by atoms with Crippen LogP contribution in [0.3, 0.4) is 0 Å². The summed E-state index contributed by atoms with van der Waals surface area (Å²) in [5.74, 6) is -0.602. The zero-order valence-electron chi connectivity index (χ0n) is 12.9. The first-order chi connectivity index (χ1) is 10.6. The normalized spacial score (nSPS) is 11.0. The molecule has 2 aromatic rings. The Balaban J connectivity index is 2.07. The van der Waals surface area contributed by atoms with E-state index in [2.05, 4.69) is 6.92 Å². The third-order valence-electron chi connectivity index (χ3n) is 3.82. The molecule has 0 saturated carbocycles. The fraction of sp³-hybridized carbons (Fsp3) is 0.444. The van der Waals surface area contributed by atoms with E-state index in [1.165, 1.54) is 19.3 Å². The average Bonchev–Trinajstić information content (AvgIpc) is 2.51. The summed E-state index contributed by atoms with van der Waals surface area (Å²) in [6, 6.07) is 6.67. The van der Waals surface area contributed by atoms with Gasteiger partial charge in [-0.15, -0.1) is 0 Å². The lowest BCUT2D eigenvalue weighted by atomic mass is 10.0. The molecule has 0 saturated heterocycles.